The van der Waals surface area contributed by atoms with Gasteiger partial charge in [-0.1, -0.05) is 50.2 Å². The van der Waals surface area contributed by atoms with E-state index in [2.05, 4.69) is 32.0 Å². The standard InChI is InChI=1S/C26H28O3/c1-18(2)13-21-9-8-12-24(15-21)28-17-22-14-19(3)20(4)25(16-22)26(27)29-23-10-6-5-7-11-23/h5-12,14-16,18H,13,17H2,1-4H3. The second kappa shape index (κ2) is 9.42. The molecule has 0 aliphatic heterocycles. The number of ether oxygens (including phenoxy) is 2. The minimum absolute atomic E-state index is 0.349. The van der Waals surface area contributed by atoms with E-state index in [4.69, 9.17) is 9.47 Å². The van der Waals surface area contributed by atoms with Gasteiger partial charge in [0.25, 0.3) is 0 Å². The molecule has 0 radical (unpaired) electrons. The summed E-state index contributed by atoms with van der Waals surface area (Å²) in [6.07, 6.45) is 1.02. The molecule has 0 N–H and O–H groups in total. The Kier molecular flexibility index (Phi) is 6.71. The van der Waals surface area contributed by atoms with E-state index >= 15 is 0 Å². The van der Waals surface area contributed by atoms with Gasteiger partial charge in [0, 0.05) is 0 Å². The van der Waals surface area contributed by atoms with Crippen molar-refractivity contribution in [3.63, 3.8) is 0 Å². The van der Waals surface area contributed by atoms with Crippen LogP contribution in [0.5, 0.6) is 11.5 Å². The second-order valence-corrected chi connectivity index (χ2v) is 7.82. The fourth-order valence-corrected chi connectivity index (χ4v) is 3.28. The molecule has 3 aromatic carbocycles. The molecular formula is C26H28O3. The Hall–Kier alpha value is -3.07. The van der Waals surface area contributed by atoms with Gasteiger partial charge in [0.15, 0.2) is 0 Å². The highest BCUT2D eigenvalue weighted by molar-refractivity contribution is 5.93. The van der Waals surface area contributed by atoms with Gasteiger partial charge in [0.1, 0.15) is 18.1 Å². The van der Waals surface area contributed by atoms with E-state index in [-0.39, 0.29) is 5.97 Å². The van der Waals surface area contributed by atoms with Crippen LogP contribution >= 0.6 is 0 Å². The molecule has 0 spiro atoms. The van der Waals surface area contributed by atoms with Crippen LogP contribution in [0.15, 0.2) is 66.7 Å². The molecule has 0 aromatic heterocycles. The maximum absolute atomic E-state index is 12.7. The van der Waals surface area contributed by atoms with E-state index in [1.54, 1.807) is 12.1 Å². The Balaban J connectivity index is 1.74. The molecule has 150 valence electrons. The smallest absolute Gasteiger partial charge is 0.343 e. The Labute approximate surface area is 173 Å². The van der Waals surface area contributed by atoms with Crippen molar-refractivity contribution in [1.29, 1.82) is 0 Å². The van der Waals surface area contributed by atoms with Gasteiger partial charge in [-0.15, -0.1) is 0 Å². The monoisotopic (exact) mass is 388 g/mol. The SMILES string of the molecule is Cc1cc(COc2cccc(CC(C)C)c2)cc(C(=O)Oc2ccccc2)c1C. The van der Waals surface area contributed by atoms with E-state index in [9.17, 15) is 4.79 Å². The van der Waals surface area contributed by atoms with Crippen LogP contribution < -0.4 is 9.47 Å². The minimum atomic E-state index is -0.349. The molecule has 0 heterocycles. The van der Waals surface area contributed by atoms with Crippen LogP contribution in [0, 0.1) is 19.8 Å². The van der Waals surface area contributed by atoms with Gasteiger partial charge in [-0.2, -0.15) is 0 Å². The molecule has 0 aliphatic carbocycles. The summed E-state index contributed by atoms with van der Waals surface area (Å²) in [7, 11) is 0. The molecule has 0 bridgehead atoms. The highest BCUT2D eigenvalue weighted by Crippen LogP contribution is 2.22. The summed E-state index contributed by atoms with van der Waals surface area (Å²) in [5.41, 5.74) is 4.75. The molecule has 3 heteroatoms. The first-order chi connectivity index (χ1) is 13.9. The Morgan fingerprint density at radius 1 is 0.862 bits per heavy atom. The maximum Gasteiger partial charge on any atom is 0.343 e. The van der Waals surface area contributed by atoms with Gasteiger partial charge in [-0.3, -0.25) is 0 Å². The average Bonchev–Trinajstić information content (AvgIpc) is 2.69. The normalized spacial score (nSPS) is 10.8. The first kappa shape index (κ1) is 20.7. The number of para-hydroxylation sites is 1. The second-order valence-electron chi connectivity index (χ2n) is 7.82. The summed E-state index contributed by atoms with van der Waals surface area (Å²) >= 11 is 0. The maximum atomic E-state index is 12.7. The first-order valence-electron chi connectivity index (χ1n) is 10.0. The molecule has 0 unspecified atom stereocenters. The van der Waals surface area contributed by atoms with Gasteiger partial charge in [0.2, 0.25) is 0 Å². The number of hydrogen-bond donors (Lipinski definition) is 0. The molecule has 3 rings (SSSR count). The lowest BCUT2D eigenvalue weighted by Crippen LogP contribution is -2.12. The molecule has 0 saturated heterocycles. The summed E-state index contributed by atoms with van der Waals surface area (Å²) < 4.78 is 11.5. The predicted octanol–water partition coefficient (Wildman–Crippen LogP) is 6.30. The van der Waals surface area contributed by atoms with Crippen molar-refractivity contribution in [2.45, 2.75) is 40.7 Å². The van der Waals surface area contributed by atoms with Crippen molar-refractivity contribution in [2.24, 2.45) is 5.92 Å². The molecule has 3 nitrogen and oxygen atoms in total. The average molecular weight is 389 g/mol. The molecule has 0 saturated carbocycles. The van der Waals surface area contributed by atoms with Gasteiger partial charge < -0.3 is 9.47 Å². The highest BCUT2D eigenvalue weighted by atomic mass is 16.5. The van der Waals surface area contributed by atoms with Gasteiger partial charge in [-0.05, 0) is 78.8 Å². The van der Waals surface area contributed by atoms with E-state index in [0.29, 0.717) is 23.8 Å². The van der Waals surface area contributed by atoms with E-state index in [1.165, 1.54) is 5.56 Å². The molecule has 0 aliphatic rings. The van der Waals surface area contributed by atoms with Crippen molar-refractivity contribution < 1.29 is 14.3 Å². The molecule has 29 heavy (non-hydrogen) atoms. The number of carbonyl (C=O) groups is 1. The lowest BCUT2D eigenvalue weighted by Gasteiger charge is -2.13. The van der Waals surface area contributed by atoms with E-state index < -0.39 is 0 Å². The quantitative estimate of drug-likeness (QED) is 0.352. The summed E-state index contributed by atoms with van der Waals surface area (Å²) in [6, 6.07) is 21.3. The predicted molar refractivity (Wildman–Crippen MR) is 117 cm³/mol. The van der Waals surface area contributed by atoms with Gasteiger partial charge in [0.05, 0.1) is 5.56 Å². The molecular weight excluding hydrogens is 360 g/mol. The Bertz CT molecular complexity index is 974. The van der Waals surface area contributed by atoms with Crippen molar-refractivity contribution in [3.05, 3.63) is 94.5 Å². The third kappa shape index (κ3) is 5.71. The molecule has 0 atom stereocenters. The van der Waals surface area contributed by atoms with Crippen molar-refractivity contribution >= 4 is 5.97 Å². The Morgan fingerprint density at radius 2 is 1.59 bits per heavy atom. The number of rotatable bonds is 7. The molecule has 0 amide bonds. The van der Waals surface area contributed by atoms with E-state index in [0.717, 1.165) is 28.9 Å². The van der Waals surface area contributed by atoms with Crippen LogP contribution in [0.2, 0.25) is 0 Å². The van der Waals surface area contributed by atoms with Crippen LogP contribution in [-0.4, -0.2) is 5.97 Å². The van der Waals surface area contributed by atoms with Gasteiger partial charge in [-0.25, -0.2) is 4.79 Å². The van der Waals surface area contributed by atoms with Crippen molar-refractivity contribution in [2.75, 3.05) is 0 Å². The highest BCUT2D eigenvalue weighted by Gasteiger charge is 2.15. The fourth-order valence-electron chi connectivity index (χ4n) is 3.28. The van der Waals surface area contributed by atoms with Crippen molar-refractivity contribution in [1.82, 2.24) is 0 Å². The van der Waals surface area contributed by atoms with E-state index in [1.807, 2.05) is 50.2 Å². The zero-order valence-corrected chi connectivity index (χ0v) is 17.6. The number of carbonyl (C=O) groups excluding carboxylic acids is 1. The van der Waals surface area contributed by atoms with Gasteiger partial charge >= 0.3 is 5.97 Å². The largest absolute Gasteiger partial charge is 0.489 e. The van der Waals surface area contributed by atoms with Crippen LogP contribution in [0.1, 0.15) is 46.5 Å². The summed E-state index contributed by atoms with van der Waals surface area (Å²) in [6.45, 7) is 8.76. The van der Waals surface area contributed by atoms with Crippen LogP contribution in [0.25, 0.3) is 0 Å². The number of hydrogen-bond acceptors (Lipinski definition) is 3. The third-order valence-electron chi connectivity index (χ3n) is 4.85. The number of benzene rings is 3. The minimum Gasteiger partial charge on any atom is -0.489 e. The first-order valence-corrected chi connectivity index (χ1v) is 10.0. The molecule has 3 aromatic rings. The zero-order valence-electron chi connectivity index (χ0n) is 17.6. The lowest BCUT2D eigenvalue weighted by molar-refractivity contribution is 0.0733. The fraction of sp³-hybridized carbons (Fsp3) is 0.269. The third-order valence-corrected chi connectivity index (χ3v) is 4.85. The van der Waals surface area contributed by atoms with Crippen molar-refractivity contribution in [3.8, 4) is 11.5 Å². The number of esters is 1. The summed E-state index contributed by atoms with van der Waals surface area (Å²) in [5, 5.41) is 0. The summed E-state index contributed by atoms with van der Waals surface area (Å²) in [4.78, 5) is 12.7. The lowest BCUT2D eigenvalue weighted by atomic mass is 10.00. The Morgan fingerprint density at radius 3 is 2.31 bits per heavy atom. The zero-order chi connectivity index (χ0) is 20.8. The number of aryl methyl sites for hydroxylation is 1. The van der Waals surface area contributed by atoms with Crippen LogP contribution in [0.4, 0.5) is 0 Å². The topological polar surface area (TPSA) is 35.5 Å². The molecule has 0 fully saturated rings. The van der Waals surface area contributed by atoms with Crippen LogP contribution in [0.3, 0.4) is 0 Å². The summed E-state index contributed by atoms with van der Waals surface area (Å²) in [5.74, 6) is 1.63. The van der Waals surface area contributed by atoms with Crippen LogP contribution in [-0.2, 0) is 13.0 Å².